The molecule has 20 heavy (non-hydrogen) atoms. The number of nitrogens with one attached hydrogen (secondary N) is 1. The molecular weight excluding hydrogens is 248 g/mol. The Morgan fingerprint density at radius 3 is 2.65 bits per heavy atom. The van der Waals surface area contributed by atoms with Crippen LogP contribution in [0, 0.1) is 11.3 Å². The first-order valence-corrected chi connectivity index (χ1v) is 8.50. The number of rotatable bonds is 4. The summed E-state index contributed by atoms with van der Waals surface area (Å²) in [4.78, 5) is 2.71. The molecule has 3 nitrogen and oxygen atoms in total. The van der Waals surface area contributed by atoms with Crippen molar-refractivity contribution in [2.24, 2.45) is 11.3 Å². The van der Waals surface area contributed by atoms with Crippen molar-refractivity contribution in [1.29, 1.82) is 0 Å². The highest BCUT2D eigenvalue weighted by atomic mass is 16.5. The van der Waals surface area contributed by atoms with E-state index in [-0.39, 0.29) is 0 Å². The first-order chi connectivity index (χ1) is 9.49. The van der Waals surface area contributed by atoms with Crippen LogP contribution < -0.4 is 5.32 Å². The van der Waals surface area contributed by atoms with Crippen LogP contribution >= 0.6 is 0 Å². The van der Waals surface area contributed by atoms with Gasteiger partial charge in [-0.1, -0.05) is 27.2 Å². The molecular formula is C17H34N2O. The minimum Gasteiger partial charge on any atom is -0.379 e. The van der Waals surface area contributed by atoms with Crippen molar-refractivity contribution in [2.75, 3.05) is 26.8 Å². The van der Waals surface area contributed by atoms with Gasteiger partial charge in [0.15, 0.2) is 0 Å². The Bertz CT molecular complexity index is 305. The average molecular weight is 282 g/mol. The van der Waals surface area contributed by atoms with Crippen LogP contribution in [0.3, 0.4) is 0 Å². The quantitative estimate of drug-likeness (QED) is 0.858. The summed E-state index contributed by atoms with van der Waals surface area (Å²) in [5.74, 6) is 0.858. The second kappa shape index (κ2) is 6.76. The van der Waals surface area contributed by atoms with Gasteiger partial charge in [0.2, 0.25) is 0 Å². The molecule has 0 aromatic heterocycles. The van der Waals surface area contributed by atoms with Crippen molar-refractivity contribution >= 4 is 0 Å². The summed E-state index contributed by atoms with van der Waals surface area (Å²) in [6.45, 7) is 12.5. The lowest BCUT2D eigenvalue weighted by Crippen LogP contribution is -2.59. The monoisotopic (exact) mass is 282 g/mol. The SMILES string of the molecule is CCC(C)(C)C1CCC(NC)C(N2CCOCC2C)C1. The molecule has 4 unspecified atom stereocenters. The zero-order valence-corrected chi connectivity index (χ0v) is 14.1. The number of ether oxygens (including phenoxy) is 1. The summed E-state index contributed by atoms with van der Waals surface area (Å²) < 4.78 is 5.62. The van der Waals surface area contributed by atoms with Crippen LogP contribution in [0.1, 0.15) is 53.4 Å². The molecule has 2 rings (SSSR count). The third-order valence-corrected chi connectivity index (χ3v) is 6.05. The van der Waals surface area contributed by atoms with Gasteiger partial charge in [-0.2, -0.15) is 0 Å². The Kier molecular flexibility index (Phi) is 5.49. The normalized spacial score (nSPS) is 37.0. The van der Waals surface area contributed by atoms with E-state index in [0.717, 1.165) is 25.7 Å². The predicted octanol–water partition coefficient (Wildman–Crippen LogP) is 2.90. The fourth-order valence-corrected chi connectivity index (χ4v) is 4.08. The van der Waals surface area contributed by atoms with Crippen molar-refractivity contribution < 1.29 is 4.74 Å². The Balaban J connectivity index is 2.09. The second-order valence-corrected chi connectivity index (χ2v) is 7.48. The second-order valence-electron chi connectivity index (χ2n) is 7.48. The first kappa shape index (κ1) is 16.3. The van der Waals surface area contributed by atoms with Gasteiger partial charge in [0.05, 0.1) is 13.2 Å². The minimum absolute atomic E-state index is 0.479. The van der Waals surface area contributed by atoms with Gasteiger partial charge in [-0.3, -0.25) is 4.90 Å². The fourth-order valence-electron chi connectivity index (χ4n) is 4.08. The smallest absolute Gasteiger partial charge is 0.0619 e. The number of likely N-dealkylation sites (N-methyl/N-ethyl adjacent to an activating group) is 1. The molecule has 0 bridgehead atoms. The summed E-state index contributed by atoms with van der Waals surface area (Å²) in [6, 6.07) is 1.90. The van der Waals surface area contributed by atoms with Gasteiger partial charge in [0.25, 0.3) is 0 Å². The molecule has 118 valence electrons. The van der Waals surface area contributed by atoms with E-state index >= 15 is 0 Å². The summed E-state index contributed by atoms with van der Waals surface area (Å²) >= 11 is 0. The van der Waals surface area contributed by atoms with E-state index in [1.807, 2.05) is 0 Å². The molecule has 1 aliphatic carbocycles. The van der Waals surface area contributed by atoms with E-state index < -0.39 is 0 Å². The highest BCUT2D eigenvalue weighted by molar-refractivity contribution is 4.96. The average Bonchev–Trinajstić information content (AvgIpc) is 2.47. The molecule has 4 atom stereocenters. The van der Waals surface area contributed by atoms with Crippen LogP contribution in [0.2, 0.25) is 0 Å². The van der Waals surface area contributed by atoms with Crippen LogP contribution in [0.15, 0.2) is 0 Å². The van der Waals surface area contributed by atoms with Gasteiger partial charge < -0.3 is 10.1 Å². The fraction of sp³-hybridized carbons (Fsp3) is 1.00. The van der Waals surface area contributed by atoms with E-state index in [0.29, 0.717) is 23.5 Å². The van der Waals surface area contributed by atoms with Crippen molar-refractivity contribution in [3.05, 3.63) is 0 Å². The maximum absolute atomic E-state index is 5.62. The van der Waals surface area contributed by atoms with E-state index in [2.05, 4.69) is 45.0 Å². The molecule has 1 aliphatic heterocycles. The number of nitrogens with zero attached hydrogens (tertiary/aromatic N) is 1. The standard InChI is InChI=1S/C17H34N2O/c1-6-17(3,4)14-7-8-15(18-5)16(11-14)19-9-10-20-12-13(19)2/h13-16,18H,6-12H2,1-5H3. The molecule has 3 heteroatoms. The predicted molar refractivity (Wildman–Crippen MR) is 85.0 cm³/mol. The maximum atomic E-state index is 5.62. The van der Waals surface area contributed by atoms with Crippen LogP contribution in [0.25, 0.3) is 0 Å². The molecule has 0 aromatic rings. The van der Waals surface area contributed by atoms with E-state index in [1.165, 1.54) is 25.7 Å². The van der Waals surface area contributed by atoms with Gasteiger partial charge in [0, 0.05) is 24.7 Å². The molecule has 1 saturated heterocycles. The zero-order chi connectivity index (χ0) is 14.8. The molecule has 0 aromatic carbocycles. The first-order valence-electron chi connectivity index (χ1n) is 8.50. The van der Waals surface area contributed by atoms with Crippen LogP contribution in [0.5, 0.6) is 0 Å². The molecule has 0 amide bonds. The van der Waals surface area contributed by atoms with Gasteiger partial charge in [-0.05, 0) is 44.6 Å². The van der Waals surface area contributed by atoms with Gasteiger partial charge in [-0.25, -0.2) is 0 Å². The van der Waals surface area contributed by atoms with Crippen molar-refractivity contribution in [2.45, 2.75) is 71.5 Å². The highest BCUT2D eigenvalue weighted by Gasteiger charge is 2.40. The van der Waals surface area contributed by atoms with Crippen LogP contribution in [-0.2, 0) is 4.74 Å². The lowest BCUT2D eigenvalue weighted by Gasteiger charge is -2.49. The Labute approximate surface area is 125 Å². The molecule has 1 heterocycles. The van der Waals surface area contributed by atoms with Gasteiger partial charge in [0.1, 0.15) is 0 Å². The highest BCUT2D eigenvalue weighted by Crippen LogP contribution is 2.42. The molecule has 2 fully saturated rings. The van der Waals surface area contributed by atoms with Gasteiger partial charge >= 0.3 is 0 Å². The topological polar surface area (TPSA) is 24.5 Å². The number of hydrogen-bond acceptors (Lipinski definition) is 3. The number of morpholine rings is 1. The summed E-state index contributed by atoms with van der Waals surface area (Å²) in [6.07, 6.45) is 5.32. The molecule has 2 aliphatic rings. The van der Waals surface area contributed by atoms with E-state index in [9.17, 15) is 0 Å². The minimum atomic E-state index is 0.479. The van der Waals surface area contributed by atoms with E-state index in [1.54, 1.807) is 0 Å². The maximum Gasteiger partial charge on any atom is 0.0619 e. The largest absolute Gasteiger partial charge is 0.379 e. The third-order valence-electron chi connectivity index (χ3n) is 6.05. The lowest BCUT2D eigenvalue weighted by molar-refractivity contribution is -0.0497. The zero-order valence-electron chi connectivity index (χ0n) is 14.1. The molecule has 0 spiro atoms. The van der Waals surface area contributed by atoms with Crippen molar-refractivity contribution in [3.8, 4) is 0 Å². The molecule has 1 N–H and O–H groups in total. The summed E-state index contributed by atoms with van der Waals surface area (Å²) in [5, 5.41) is 3.58. The van der Waals surface area contributed by atoms with E-state index in [4.69, 9.17) is 4.74 Å². The van der Waals surface area contributed by atoms with Crippen molar-refractivity contribution in [1.82, 2.24) is 10.2 Å². The van der Waals surface area contributed by atoms with Crippen LogP contribution in [0.4, 0.5) is 0 Å². The van der Waals surface area contributed by atoms with Crippen molar-refractivity contribution in [3.63, 3.8) is 0 Å². The Morgan fingerprint density at radius 1 is 1.30 bits per heavy atom. The summed E-state index contributed by atoms with van der Waals surface area (Å²) in [5.41, 5.74) is 0.479. The van der Waals surface area contributed by atoms with Gasteiger partial charge in [-0.15, -0.1) is 0 Å². The number of hydrogen-bond donors (Lipinski definition) is 1. The Hall–Kier alpha value is -0.120. The lowest BCUT2D eigenvalue weighted by atomic mass is 9.67. The molecule has 1 saturated carbocycles. The Morgan fingerprint density at radius 2 is 2.05 bits per heavy atom. The van der Waals surface area contributed by atoms with Crippen LogP contribution in [-0.4, -0.2) is 49.8 Å². The summed E-state index contributed by atoms with van der Waals surface area (Å²) in [7, 11) is 2.13. The third kappa shape index (κ3) is 3.37. The molecule has 0 radical (unpaired) electrons.